The molecule has 3 unspecified atom stereocenters. The van der Waals surface area contributed by atoms with Crippen molar-refractivity contribution in [2.24, 2.45) is 17.6 Å². The second-order valence-electron chi connectivity index (χ2n) is 4.14. The summed E-state index contributed by atoms with van der Waals surface area (Å²) in [5.41, 5.74) is 5.72. The number of nitrogens with two attached hydrogens (primary N) is 1. The van der Waals surface area contributed by atoms with Crippen LogP contribution in [0.4, 0.5) is 13.2 Å². The molecule has 4 heteroatoms. The third-order valence-electron chi connectivity index (χ3n) is 2.86. The maximum absolute atomic E-state index is 12.0. The van der Waals surface area contributed by atoms with Crippen LogP contribution in [0.1, 0.15) is 32.6 Å². The topological polar surface area (TPSA) is 26.0 Å². The van der Waals surface area contributed by atoms with E-state index in [1.165, 1.54) is 0 Å². The number of hydrogen-bond acceptors (Lipinski definition) is 1. The molecule has 1 aliphatic rings. The lowest BCUT2D eigenvalue weighted by Crippen LogP contribution is -2.35. The molecule has 1 aliphatic carbocycles. The summed E-state index contributed by atoms with van der Waals surface area (Å²) < 4.78 is 36.1. The van der Waals surface area contributed by atoms with Gasteiger partial charge in [-0.3, -0.25) is 0 Å². The predicted octanol–water partition coefficient (Wildman–Crippen LogP) is 2.70. The highest BCUT2D eigenvalue weighted by Gasteiger charge is 2.35. The first-order valence-corrected chi connectivity index (χ1v) is 4.71. The van der Waals surface area contributed by atoms with Gasteiger partial charge in [0.1, 0.15) is 0 Å². The third-order valence-corrected chi connectivity index (χ3v) is 2.86. The molecule has 13 heavy (non-hydrogen) atoms. The fourth-order valence-corrected chi connectivity index (χ4v) is 2.04. The monoisotopic (exact) mass is 195 g/mol. The Morgan fingerprint density at radius 3 is 2.38 bits per heavy atom. The molecule has 0 aromatic heterocycles. The summed E-state index contributed by atoms with van der Waals surface area (Å²) >= 11 is 0. The molecule has 1 nitrogen and oxygen atoms in total. The van der Waals surface area contributed by atoms with E-state index < -0.39 is 12.6 Å². The van der Waals surface area contributed by atoms with Crippen LogP contribution in [-0.4, -0.2) is 12.2 Å². The third kappa shape index (κ3) is 3.55. The molecule has 1 fully saturated rings. The highest BCUT2D eigenvalue weighted by molar-refractivity contribution is 4.80. The van der Waals surface area contributed by atoms with E-state index in [2.05, 4.69) is 0 Å². The fourth-order valence-electron chi connectivity index (χ4n) is 2.04. The van der Waals surface area contributed by atoms with Crippen molar-refractivity contribution in [2.75, 3.05) is 0 Å². The van der Waals surface area contributed by atoms with Crippen molar-refractivity contribution < 1.29 is 13.2 Å². The normalized spacial score (nSPS) is 36.2. The number of halogens is 3. The van der Waals surface area contributed by atoms with Gasteiger partial charge in [0.15, 0.2) is 0 Å². The fraction of sp³-hybridized carbons (Fsp3) is 1.00. The van der Waals surface area contributed by atoms with E-state index in [1.807, 2.05) is 6.92 Å². The van der Waals surface area contributed by atoms with Gasteiger partial charge < -0.3 is 5.73 Å². The van der Waals surface area contributed by atoms with Crippen molar-refractivity contribution >= 4 is 0 Å². The van der Waals surface area contributed by atoms with Gasteiger partial charge in [-0.15, -0.1) is 0 Å². The van der Waals surface area contributed by atoms with Gasteiger partial charge >= 0.3 is 6.18 Å². The molecule has 0 saturated heterocycles. The molecule has 1 saturated carbocycles. The summed E-state index contributed by atoms with van der Waals surface area (Å²) in [5, 5.41) is 0. The lowest BCUT2D eigenvalue weighted by atomic mass is 9.78. The van der Waals surface area contributed by atoms with Gasteiger partial charge in [-0.1, -0.05) is 6.92 Å². The first kappa shape index (κ1) is 10.8. The molecule has 0 heterocycles. The van der Waals surface area contributed by atoms with E-state index in [4.69, 9.17) is 5.73 Å². The van der Waals surface area contributed by atoms with Gasteiger partial charge in [0.05, 0.1) is 0 Å². The van der Waals surface area contributed by atoms with Crippen LogP contribution in [-0.2, 0) is 0 Å². The van der Waals surface area contributed by atoms with Crippen molar-refractivity contribution in [3.8, 4) is 0 Å². The van der Waals surface area contributed by atoms with E-state index >= 15 is 0 Å². The smallest absolute Gasteiger partial charge is 0.327 e. The molecule has 0 aliphatic heterocycles. The maximum Gasteiger partial charge on any atom is 0.389 e. The van der Waals surface area contributed by atoms with Gasteiger partial charge in [0.25, 0.3) is 0 Å². The Kier molecular flexibility index (Phi) is 3.22. The highest BCUT2D eigenvalue weighted by Crippen LogP contribution is 2.35. The standard InChI is InChI=1S/C9H16F3N/c1-6-4-7(2-3-8(6)13)5-9(10,11)12/h6-8H,2-5,13H2,1H3. The van der Waals surface area contributed by atoms with E-state index in [9.17, 15) is 13.2 Å². The van der Waals surface area contributed by atoms with Crippen LogP contribution in [0.25, 0.3) is 0 Å². The minimum absolute atomic E-state index is 0.101. The van der Waals surface area contributed by atoms with Crippen LogP contribution >= 0.6 is 0 Å². The zero-order valence-electron chi connectivity index (χ0n) is 7.77. The van der Waals surface area contributed by atoms with E-state index in [0.29, 0.717) is 12.8 Å². The van der Waals surface area contributed by atoms with Gasteiger partial charge in [0, 0.05) is 12.5 Å². The van der Waals surface area contributed by atoms with Crippen molar-refractivity contribution in [3.63, 3.8) is 0 Å². The largest absolute Gasteiger partial charge is 0.389 e. The molecule has 0 amide bonds. The van der Waals surface area contributed by atoms with Crippen molar-refractivity contribution in [1.82, 2.24) is 0 Å². The molecule has 2 N–H and O–H groups in total. The SMILES string of the molecule is CC1CC(CC(F)(F)F)CCC1N. The summed E-state index contributed by atoms with van der Waals surface area (Å²) in [6, 6.07) is 0.101. The van der Waals surface area contributed by atoms with Gasteiger partial charge in [-0.05, 0) is 31.1 Å². The molecule has 0 spiro atoms. The molecule has 0 aromatic rings. The Labute approximate surface area is 76.5 Å². The number of hydrogen-bond donors (Lipinski definition) is 1. The molecular weight excluding hydrogens is 179 g/mol. The molecule has 3 atom stereocenters. The van der Waals surface area contributed by atoms with Crippen molar-refractivity contribution in [3.05, 3.63) is 0 Å². The predicted molar refractivity (Wildman–Crippen MR) is 45.2 cm³/mol. The summed E-state index contributed by atoms with van der Waals surface area (Å²) in [4.78, 5) is 0. The van der Waals surface area contributed by atoms with Gasteiger partial charge in [-0.25, -0.2) is 0 Å². The van der Waals surface area contributed by atoms with Crippen LogP contribution in [0.2, 0.25) is 0 Å². The van der Waals surface area contributed by atoms with Crippen LogP contribution in [0.5, 0.6) is 0 Å². The highest BCUT2D eigenvalue weighted by atomic mass is 19.4. The first-order valence-electron chi connectivity index (χ1n) is 4.71. The van der Waals surface area contributed by atoms with Crippen LogP contribution in [0.15, 0.2) is 0 Å². The molecule has 0 bridgehead atoms. The average molecular weight is 195 g/mol. The summed E-state index contributed by atoms with van der Waals surface area (Å²) in [5.74, 6) is 0.0379. The summed E-state index contributed by atoms with van der Waals surface area (Å²) in [7, 11) is 0. The summed E-state index contributed by atoms with van der Waals surface area (Å²) in [6.45, 7) is 1.94. The van der Waals surface area contributed by atoms with Crippen LogP contribution < -0.4 is 5.73 Å². The second-order valence-corrected chi connectivity index (χ2v) is 4.14. The Hall–Kier alpha value is -0.250. The Morgan fingerprint density at radius 1 is 1.31 bits per heavy atom. The van der Waals surface area contributed by atoms with Gasteiger partial charge in [-0.2, -0.15) is 13.2 Å². The molecule has 1 rings (SSSR count). The van der Waals surface area contributed by atoms with Crippen molar-refractivity contribution in [1.29, 1.82) is 0 Å². The Morgan fingerprint density at radius 2 is 1.92 bits per heavy atom. The minimum Gasteiger partial charge on any atom is -0.327 e. The first-order chi connectivity index (χ1) is 5.88. The quantitative estimate of drug-likeness (QED) is 0.684. The van der Waals surface area contributed by atoms with E-state index in [1.54, 1.807) is 0 Å². The van der Waals surface area contributed by atoms with Gasteiger partial charge in [0.2, 0.25) is 0 Å². The van der Waals surface area contributed by atoms with Crippen LogP contribution in [0, 0.1) is 11.8 Å². The maximum atomic E-state index is 12.0. The lowest BCUT2D eigenvalue weighted by molar-refractivity contribution is -0.147. The number of alkyl halides is 3. The van der Waals surface area contributed by atoms with E-state index in [-0.39, 0.29) is 17.9 Å². The molecule has 0 aromatic carbocycles. The minimum atomic E-state index is -4.01. The summed E-state index contributed by atoms with van der Waals surface area (Å²) in [6.07, 6.45) is -2.65. The van der Waals surface area contributed by atoms with Crippen LogP contribution in [0.3, 0.4) is 0 Å². The molecule has 78 valence electrons. The molecular formula is C9H16F3N. The average Bonchev–Trinajstić information content (AvgIpc) is 1.94. The zero-order chi connectivity index (χ0) is 10.1. The molecule has 0 radical (unpaired) electrons. The second kappa shape index (κ2) is 3.86. The van der Waals surface area contributed by atoms with E-state index in [0.717, 1.165) is 6.42 Å². The zero-order valence-corrected chi connectivity index (χ0v) is 7.77. The lowest BCUT2D eigenvalue weighted by Gasteiger charge is -2.32. The van der Waals surface area contributed by atoms with Crippen molar-refractivity contribution in [2.45, 2.75) is 44.8 Å². The Bertz CT molecular complexity index is 167. The Balaban J connectivity index is 2.38. The number of rotatable bonds is 1.